The van der Waals surface area contributed by atoms with Crippen LogP contribution in [0.2, 0.25) is 5.02 Å². The Kier molecular flexibility index (Phi) is 5.12. The number of amides is 1. The van der Waals surface area contributed by atoms with Gasteiger partial charge in [0.2, 0.25) is 5.91 Å². The number of halogens is 3. The molecule has 0 bridgehead atoms. The van der Waals surface area contributed by atoms with Gasteiger partial charge in [-0.1, -0.05) is 23.7 Å². The second-order valence-corrected chi connectivity index (χ2v) is 4.73. The summed E-state index contributed by atoms with van der Waals surface area (Å²) >= 11 is 5.62. The molecule has 0 unspecified atom stereocenters. The Balaban J connectivity index is 2.08. The van der Waals surface area contributed by atoms with Gasteiger partial charge in [-0.25, -0.2) is 8.78 Å². The minimum atomic E-state index is -0.707. The molecule has 0 radical (unpaired) electrons. The van der Waals surface area contributed by atoms with Crippen LogP contribution in [-0.2, 0) is 4.79 Å². The number of carbonyl (C=O) groups is 1. The van der Waals surface area contributed by atoms with Gasteiger partial charge in [0.15, 0.2) is 17.4 Å². The van der Waals surface area contributed by atoms with Gasteiger partial charge in [-0.3, -0.25) is 4.79 Å². The summed E-state index contributed by atoms with van der Waals surface area (Å²) < 4.78 is 31.9. The average Bonchev–Trinajstić information content (AvgIpc) is 2.50. The SMILES string of the molecule is COc1ccc(/C=C/C(=O)Nc2cccc(Cl)c2F)cc1F. The summed E-state index contributed by atoms with van der Waals surface area (Å²) in [6, 6.07) is 8.55. The average molecular weight is 324 g/mol. The van der Waals surface area contributed by atoms with Crippen LogP contribution in [0.4, 0.5) is 14.5 Å². The predicted octanol–water partition coefficient (Wildman–Crippen LogP) is 4.28. The van der Waals surface area contributed by atoms with E-state index in [0.717, 1.165) is 0 Å². The van der Waals surface area contributed by atoms with Crippen molar-refractivity contribution >= 4 is 29.3 Å². The molecule has 0 spiro atoms. The van der Waals surface area contributed by atoms with E-state index in [-0.39, 0.29) is 16.5 Å². The molecule has 3 nitrogen and oxygen atoms in total. The first-order chi connectivity index (χ1) is 10.5. The Morgan fingerprint density at radius 2 is 2.05 bits per heavy atom. The van der Waals surface area contributed by atoms with Gasteiger partial charge >= 0.3 is 0 Å². The Labute approximate surface area is 131 Å². The quantitative estimate of drug-likeness (QED) is 0.853. The zero-order chi connectivity index (χ0) is 16.1. The number of ether oxygens (including phenoxy) is 1. The van der Waals surface area contributed by atoms with Gasteiger partial charge in [0.05, 0.1) is 17.8 Å². The summed E-state index contributed by atoms with van der Waals surface area (Å²) in [4.78, 5) is 11.7. The van der Waals surface area contributed by atoms with Crippen molar-refractivity contribution in [2.24, 2.45) is 0 Å². The van der Waals surface area contributed by atoms with E-state index in [1.54, 1.807) is 6.07 Å². The Morgan fingerprint density at radius 3 is 2.73 bits per heavy atom. The molecule has 0 saturated heterocycles. The van der Waals surface area contributed by atoms with Crippen LogP contribution in [0.3, 0.4) is 0 Å². The highest BCUT2D eigenvalue weighted by atomic mass is 35.5. The van der Waals surface area contributed by atoms with Crippen molar-refractivity contribution in [1.29, 1.82) is 0 Å². The Bertz CT molecular complexity index is 732. The first-order valence-corrected chi connectivity index (χ1v) is 6.65. The summed E-state index contributed by atoms with van der Waals surface area (Å²) in [6.45, 7) is 0. The highest BCUT2D eigenvalue weighted by Crippen LogP contribution is 2.22. The Morgan fingerprint density at radius 1 is 1.27 bits per heavy atom. The van der Waals surface area contributed by atoms with Gasteiger partial charge in [-0.05, 0) is 35.9 Å². The molecular formula is C16H12ClF2NO2. The van der Waals surface area contributed by atoms with Crippen LogP contribution >= 0.6 is 11.6 Å². The van der Waals surface area contributed by atoms with Crippen molar-refractivity contribution in [2.45, 2.75) is 0 Å². The predicted molar refractivity (Wildman–Crippen MR) is 82.0 cm³/mol. The standard InChI is InChI=1S/C16H12ClF2NO2/c1-22-14-7-5-10(9-12(14)18)6-8-15(21)20-13-4-2-3-11(17)16(13)19/h2-9H,1H3,(H,20,21)/b8-6+. The van der Waals surface area contributed by atoms with Crippen LogP contribution in [0.5, 0.6) is 5.75 Å². The fourth-order valence-corrected chi connectivity index (χ4v) is 1.91. The van der Waals surface area contributed by atoms with Gasteiger partial charge in [-0.15, -0.1) is 0 Å². The molecular weight excluding hydrogens is 312 g/mol. The summed E-state index contributed by atoms with van der Waals surface area (Å²) in [5.41, 5.74) is 0.447. The van der Waals surface area contributed by atoms with Crippen molar-refractivity contribution in [3.8, 4) is 5.75 Å². The fraction of sp³-hybridized carbons (Fsp3) is 0.0625. The number of rotatable bonds is 4. The normalized spacial score (nSPS) is 10.7. The van der Waals surface area contributed by atoms with Crippen LogP contribution < -0.4 is 10.1 Å². The van der Waals surface area contributed by atoms with Crippen molar-refractivity contribution in [3.63, 3.8) is 0 Å². The van der Waals surface area contributed by atoms with Crippen LogP contribution in [0, 0.1) is 11.6 Å². The van der Waals surface area contributed by atoms with Crippen molar-refractivity contribution in [3.05, 3.63) is 64.7 Å². The minimum absolute atomic E-state index is 0.0249. The van der Waals surface area contributed by atoms with Gasteiger partial charge in [0, 0.05) is 6.08 Å². The number of carbonyl (C=O) groups excluding carboxylic acids is 1. The third-order valence-corrected chi connectivity index (χ3v) is 3.10. The number of anilines is 1. The molecule has 1 N–H and O–H groups in total. The van der Waals surface area contributed by atoms with E-state index < -0.39 is 17.5 Å². The largest absolute Gasteiger partial charge is 0.494 e. The lowest BCUT2D eigenvalue weighted by molar-refractivity contribution is -0.111. The van der Waals surface area contributed by atoms with E-state index in [4.69, 9.17) is 16.3 Å². The number of benzene rings is 2. The van der Waals surface area contributed by atoms with Gasteiger partial charge in [0.25, 0.3) is 0 Å². The molecule has 0 aliphatic rings. The van der Waals surface area contributed by atoms with E-state index in [9.17, 15) is 13.6 Å². The highest BCUT2D eigenvalue weighted by molar-refractivity contribution is 6.31. The maximum absolute atomic E-state index is 13.6. The lowest BCUT2D eigenvalue weighted by atomic mass is 10.2. The second kappa shape index (κ2) is 7.04. The van der Waals surface area contributed by atoms with Crippen molar-refractivity contribution < 1.29 is 18.3 Å². The topological polar surface area (TPSA) is 38.3 Å². The molecule has 2 aromatic rings. The lowest BCUT2D eigenvalue weighted by Gasteiger charge is -2.05. The molecule has 6 heteroatoms. The molecule has 0 fully saturated rings. The molecule has 0 aliphatic carbocycles. The van der Waals surface area contributed by atoms with Crippen molar-refractivity contribution in [2.75, 3.05) is 12.4 Å². The second-order valence-electron chi connectivity index (χ2n) is 4.32. The molecule has 0 aromatic heterocycles. The Hall–Kier alpha value is -2.40. The fourth-order valence-electron chi connectivity index (χ4n) is 1.73. The van der Waals surface area contributed by atoms with Crippen molar-refractivity contribution in [1.82, 2.24) is 0 Å². The number of hydrogen-bond acceptors (Lipinski definition) is 2. The molecule has 2 rings (SSSR count). The number of methoxy groups -OCH3 is 1. The van der Waals surface area contributed by atoms with E-state index >= 15 is 0 Å². The minimum Gasteiger partial charge on any atom is -0.494 e. The summed E-state index contributed by atoms with van der Waals surface area (Å²) in [6.07, 6.45) is 2.57. The van der Waals surface area contributed by atoms with Crippen LogP contribution in [0.1, 0.15) is 5.56 Å². The molecule has 0 aliphatic heterocycles. The van der Waals surface area contributed by atoms with E-state index in [2.05, 4.69) is 5.32 Å². The van der Waals surface area contributed by atoms with Gasteiger partial charge in [-0.2, -0.15) is 0 Å². The molecule has 1 amide bonds. The molecule has 22 heavy (non-hydrogen) atoms. The summed E-state index contributed by atoms with van der Waals surface area (Å²) in [7, 11) is 1.36. The molecule has 2 aromatic carbocycles. The first kappa shape index (κ1) is 16.0. The smallest absolute Gasteiger partial charge is 0.248 e. The first-order valence-electron chi connectivity index (χ1n) is 6.28. The summed E-state index contributed by atoms with van der Waals surface area (Å²) in [5, 5.41) is 2.27. The van der Waals surface area contributed by atoms with Crippen LogP contribution in [0.15, 0.2) is 42.5 Å². The van der Waals surface area contributed by atoms with Crippen LogP contribution in [0.25, 0.3) is 6.08 Å². The zero-order valence-electron chi connectivity index (χ0n) is 11.6. The maximum Gasteiger partial charge on any atom is 0.248 e. The molecule has 0 atom stereocenters. The maximum atomic E-state index is 13.6. The van der Waals surface area contributed by atoms with Gasteiger partial charge in [0.1, 0.15) is 0 Å². The van der Waals surface area contributed by atoms with E-state index in [0.29, 0.717) is 5.56 Å². The number of hydrogen-bond donors (Lipinski definition) is 1. The zero-order valence-corrected chi connectivity index (χ0v) is 12.3. The monoisotopic (exact) mass is 323 g/mol. The van der Waals surface area contributed by atoms with Gasteiger partial charge < -0.3 is 10.1 Å². The lowest BCUT2D eigenvalue weighted by Crippen LogP contribution is -2.09. The highest BCUT2D eigenvalue weighted by Gasteiger charge is 2.08. The van der Waals surface area contributed by atoms with E-state index in [1.165, 1.54) is 49.6 Å². The molecule has 114 valence electrons. The summed E-state index contributed by atoms with van der Waals surface area (Å²) in [5.74, 6) is -1.69. The van der Waals surface area contributed by atoms with E-state index in [1.807, 2.05) is 0 Å². The molecule has 0 heterocycles. The molecule has 0 saturated carbocycles. The third-order valence-electron chi connectivity index (χ3n) is 2.81. The third kappa shape index (κ3) is 3.83. The number of nitrogens with one attached hydrogen (secondary N) is 1. The van der Waals surface area contributed by atoms with Crippen LogP contribution in [-0.4, -0.2) is 13.0 Å².